The zero-order chi connectivity index (χ0) is 18.5. The largest absolute Gasteiger partial charge is 0.508 e. The van der Waals surface area contributed by atoms with Gasteiger partial charge in [0.05, 0.1) is 12.6 Å². The number of nitrogens with one attached hydrogen (secondary N) is 1. The van der Waals surface area contributed by atoms with Crippen LogP contribution in [0.15, 0.2) is 60.7 Å². The Labute approximate surface area is 153 Å². The minimum absolute atomic E-state index is 0.0729. The third-order valence-corrected chi connectivity index (χ3v) is 4.39. The van der Waals surface area contributed by atoms with Gasteiger partial charge in [0.1, 0.15) is 11.5 Å². The van der Waals surface area contributed by atoms with E-state index in [1.807, 2.05) is 68.4 Å². The van der Waals surface area contributed by atoms with Crippen LogP contribution in [0.1, 0.15) is 37.4 Å². The molecule has 0 bridgehead atoms. The Bertz CT molecular complexity index is 903. The van der Waals surface area contributed by atoms with Gasteiger partial charge in [-0.3, -0.25) is 4.79 Å². The SMILES string of the molecule is CCOc1ccc([C@@H](NC(=O)CC)c2c(O)ccc3ccccc23)cc1. The van der Waals surface area contributed by atoms with Crippen LogP contribution in [-0.2, 0) is 4.79 Å². The van der Waals surface area contributed by atoms with E-state index in [9.17, 15) is 9.90 Å². The Morgan fingerprint density at radius 2 is 1.77 bits per heavy atom. The van der Waals surface area contributed by atoms with Crippen LogP contribution in [0.2, 0.25) is 0 Å². The van der Waals surface area contributed by atoms with Gasteiger partial charge in [0, 0.05) is 12.0 Å². The zero-order valence-corrected chi connectivity index (χ0v) is 15.0. The van der Waals surface area contributed by atoms with Crippen LogP contribution in [0.4, 0.5) is 0 Å². The molecule has 0 saturated carbocycles. The first kappa shape index (κ1) is 17.8. The van der Waals surface area contributed by atoms with E-state index < -0.39 is 6.04 Å². The molecule has 1 atom stereocenters. The average Bonchev–Trinajstić information content (AvgIpc) is 2.67. The lowest BCUT2D eigenvalue weighted by Crippen LogP contribution is -2.28. The first-order valence-corrected chi connectivity index (χ1v) is 8.86. The number of carbonyl (C=O) groups excluding carboxylic acids is 1. The molecule has 0 spiro atoms. The van der Waals surface area contributed by atoms with E-state index in [0.29, 0.717) is 18.6 Å². The van der Waals surface area contributed by atoms with Crippen molar-refractivity contribution in [1.29, 1.82) is 0 Å². The summed E-state index contributed by atoms with van der Waals surface area (Å²) < 4.78 is 5.51. The molecule has 2 N–H and O–H groups in total. The van der Waals surface area contributed by atoms with E-state index in [2.05, 4.69) is 5.32 Å². The maximum Gasteiger partial charge on any atom is 0.220 e. The maximum atomic E-state index is 12.2. The molecular weight excluding hydrogens is 326 g/mol. The third-order valence-electron chi connectivity index (χ3n) is 4.39. The molecule has 1 amide bonds. The predicted octanol–water partition coefficient (Wildman–Crippen LogP) is 4.56. The molecule has 0 heterocycles. The number of fused-ring (bicyclic) bond motifs is 1. The molecule has 0 saturated heterocycles. The van der Waals surface area contributed by atoms with Crippen molar-refractivity contribution < 1.29 is 14.6 Å². The van der Waals surface area contributed by atoms with Gasteiger partial charge in [-0.15, -0.1) is 0 Å². The summed E-state index contributed by atoms with van der Waals surface area (Å²) in [6, 6.07) is 18.6. The first-order chi connectivity index (χ1) is 12.6. The average molecular weight is 349 g/mol. The van der Waals surface area contributed by atoms with E-state index in [0.717, 1.165) is 22.1 Å². The Kier molecular flexibility index (Phi) is 5.42. The Hall–Kier alpha value is -3.01. The highest BCUT2D eigenvalue weighted by molar-refractivity contribution is 5.89. The van der Waals surface area contributed by atoms with Crippen LogP contribution in [0.5, 0.6) is 11.5 Å². The van der Waals surface area contributed by atoms with Gasteiger partial charge < -0.3 is 15.2 Å². The van der Waals surface area contributed by atoms with Crippen LogP contribution in [0.25, 0.3) is 10.8 Å². The smallest absolute Gasteiger partial charge is 0.220 e. The molecule has 134 valence electrons. The Morgan fingerprint density at radius 1 is 1.04 bits per heavy atom. The second-order valence-electron chi connectivity index (χ2n) is 6.08. The summed E-state index contributed by atoms with van der Waals surface area (Å²) in [5.41, 5.74) is 1.59. The van der Waals surface area contributed by atoms with Crippen LogP contribution in [0.3, 0.4) is 0 Å². The van der Waals surface area contributed by atoms with Gasteiger partial charge in [0.15, 0.2) is 0 Å². The summed E-state index contributed by atoms with van der Waals surface area (Å²) in [6.45, 7) is 4.35. The number of ether oxygens (including phenoxy) is 1. The number of phenolic OH excluding ortho intramolecular Hbond substituents is 1. The molecule has 0 fully saturated rings. The van der Waals surface area contributed by atoms with E-state index in [1.165, 1.54) is 0 Å². The number of hydrogen-bond acceptors (Lipinski definition) is 3. The van der Waals surface area contributed by atoms with Gasteiger partial charge in [-0.25, -0.2) is 0 Å². The van der Waals surface area contributed by atoms with Crippen molar-refractivity contribution in [3.05, 3.63) is 71.8 Å². The lowest BCUT2D eigenvalue weighted by Gasteiger charge is -2.22. The highest BCUT2D eigenvalue weighted by atomic mass is 16.5. The molecule has 3 rings (SSSR count). The molecule has 26 heavy (non-hydrogen) atoms. The van der Waals surface area contributed by atoms with Gasteiger partial charge in [0.25, 0.3) is 0 Å². The molecule has 3 aromatic rings. The normalized spacial score (nSPS) is 11.9. The molecule has 3 aromatic carbocycles. The zero-order valence-electron chi connectivity index (χ0n) is 15.0. The quantitative estimate of drug-likeness (QED) is 0.686. The summed E-state index contributed by atoms with van der Waals surface area (Å²) in [6.07, 6.45) is 0.374. The van der Waals surface area contributed by atoms with Gasteiger partial charge in [-0.05, 0) is 41.5 Å². The maximum absolute atomic E-state index is 12.2. The predicted molar refractivity (Wildman–Crippen MR) is 104 cm³/mol. The van der Waals surface area contributed by atoms with E-state index in [4.69, 9.17) is 4.74 Å². The van der Waals surface area contributed by atoms with Crippen molar-refractivity contribution in [3.63, 3.8) is 0 Å². The fraction of sp³-hybridized carbons (Fsp3) is 0.227. The van der Waals surface area contributed by atoms with Gasteiger partial charge >= 0.3 is 0 Å². The van der Waals surface area contributed by atoms with Crippen LogP contribution in [0, 0.1) is 0 Å². The first-order valence-electron chi connectivity index (χ1n) is 8.86. The molecule has 0 aliphatic rings. The number of amides is 1. The monoisotopic (exact) mass is 349 g/mol. The summed E-state index contributed by atoms with van der Waals surface area (Å²) in [5.74, 6) is 0.870. The van der Waals surface area contributed by atoms with Gasteiger partial charge in [-0.2, -0.15) is 0 Å². The number of phenols is 1. The molecule has 0 unspecified atom stereocenters. The molecule has 0 aliphatic carbocycles. The van der Waals surface area contributed by atoms with Crippen molar-refractivity contribution in [2.24, 2.45) is 0 Å². The standard InChI is InChI=1S/C22H23NO3/c1-3-20(25)23-22(16-9-12-17(13-10-16)26-4-2)21-18-8-6-5-7-15(18)11-14-19(21)24/h5-14,22,24H,3-4H2,1-2H3,(H,23,25)/t22-/m1/s1. The molecule has 0 aliphatic heterocycles. The van der Waals surface area contributed by atoms with Crippen LogP contribution >= 0.6 is 0 Å². The topological polar surface area (TPSA) is 58.6 Å². The van der Waals surface area contributed by atoms with Gasteiger partial charge in [-0.1, -0.05) is 49.4 Å². The van der Waals surface area contributed by atoms with E-state index in [1.54, 1.807) is 6.07 Å². The second kappa shape index (κ2) is 7.91. The minimum atomic E-state index is -0.441. The second-order valence-corrected chi connectivity index (χ2v) is 6.08. The highest BCUT2D eigenvalue weighted by Gasteiger charge is 2.22. The number of carbonyl (C=O) groups is 1. The number of rotatable bonds is 6. The minimum Gasteiger partial charge on any atom is -0.508 e. The third kappa shape index (κ3) is 3.64. The van der Waals surface area contributed by atoms with Crippen molar-refractivity contribution in [2.45, 2.75) is 26.3 Å². The van der Waals surface area contributed by atoms with Crippen LogP contribution < -0.4 is 10.1 Å². The fourth-order valence-electron chi connectivity index (χ4n) is 3.10. The van der Waals surface area contributed by atoms with Crippen molar-refractivity contribution >= 4 is 16.7 Å². The molecule has 0 radical (unpaired) electrons. The summed E-state index contributed by atoms with van der Waals surface area (Å²) >= 11 is 0. The van der Waals surface area contributed by atoms with E-state index >= 15 is 0 Å². The summed E-state index contributed by atoms with van der Waals surface area (Å²) in [5, 5.41) is 15.6. The fourth-order valence-corrected chi connectivity index (χ4v) is 3.10. The molecular formula is C22H23NO3. The van der Waals surface area contributed by atoms with Gasteiger partial charge in [0.2, 0.25) is 5.91 Å². The van der Waals surface area contributed by atoms with E-state index in [-0.39, 0.29) is 11.7 Å². The molecule has 0 aromatic heterocycles. The van der Waals surface area contributed by atoms with Crippen molar-refractivity contribution in [2.75, 3.05) is 6.61 Å². The summed E-state index contributed by atoms with van der Waals surface area (Å²) in [4.78, 5) is 12.2. The summed E-state index contributed by atoms with van der Waals surface area (Å²) in [7, 11) is 0. The molecule has 4 heteroatoms. The number of hydrogen-bond donors (Lipinski definition) is 2. The van der Waals surface area contributed by atoms with Crippen molar-refractivity contribution in [3.8, 4) is 11.5 Å². The Morgan fingerprint density at radius 3 is 2.46 bits per heavy atom. The molecule has 4 nitrogen and oxygen atoms in total. The van der Waals surface area contributed by atoms with Crippen LogP contribution in [-0.4, -0.2) is 17.6 Å². The van der Waals surface area contributed by atoms with Crippen molar-refractivity contribution in [1.82, 2.24) is 5.32 Å². The highest BCUT2D eigenvalue weighted by Crippen LogP contribution is 2.36. The number of benzene rings is 3. The Balaban J connectivity index is 2.13. The lowest BCUT2D eigenvalue weighted by molar-refractivity contribution is -0.121. The lowest BCUT2D eigenvalue weighted by atomic mass is 9.92. The number of aromatic hydroxyl groups is 1.